The molecule has 1 atom stereocenters. The van der Waals surface area contributed by atoms with Crippen LogP contribution in [0.25, 0.3) is 0 Å². The van der Waals surface area contributed by atoms with Crippen molar-refractivity contribution in [3.05, 3.63) is 28.2 Å². The van der Waals surface area contributed by atoms with Gasteiger partial charge < -0.3 is 10.0 Å². The second-order valence-electron chi connectivity index (χ2n) is 5.42. The summed E-state index contributed by atoms with van der Waals surface area (Å²) in [6.07, 6.45) is 0.706. The highest BCUT2D eigenvalue weighted by molar-refractivity contribution is 9.10. The van der Waals surface area contributed by atoms with E-state index in [0.717, 1.165) is 16.7 Å². The van der Waals surface area contributed by atoms with Crippen molar-refractivity contribution in [3.63, 3.8) is 0 Å². The van der Waals surface area contributed by atoms with Crippen molar-refractivity contribution in [2.75, 3.05) is 11.4 Å². The lowest BCUT2D eigenvalue weighted by Crippen LogP contribution is -2.45. The van der Waals surface area contributed by atoms with Gasteiger partial charge in [-0.15, -0.1) is 0 Å². The number of carbonyl (C=O) groups is 1. The van der Waals surface area contributed by atoms with E-state index in [2.05, 4.69) is 26.9 Å². The van der Waals surface area contributed by atoms with Gasteiger partial charge in [0.15, 0.2) is 0 Å². The Morgan fingerprint density at radius 2 is 2.17 bits per heavy atom. The molecule has 1 fully saturated rings. The average molecular weight is 312 g/mol. The van der Waals surface area contributed by atoms with Gasteiger partial charge in [0.1, 0.15) is 0 Å². The molecule has 98 valence electrons. The van der Waals surface area contributed by atoms with Gasteiger partial charge in [-0.25, -0.2) is 0 Å². The first-order chi connectivity index (χ1) is 8.34. The third kappa shape index (κ3) is 2.14. The fraction of sp³-hybridized carbons (Fsp3) is 0.500. The Morgan fingerprint density at radius 1 is 1.50 bits per heavy atom. The number of hydrogen-bond donors (Lipinski definition) is 1. The maximum Gasteiger partial charge on any atom is 0.308 e. The first kappa shape index (κ1) is 13.4. The largest absolute Gasteiger partial charge is 0.481 e. The topological polar surface area (TPSA) is 40.5 Å². The molecular weight excluding hydrogens is 294 g/mol. The minimum atomic E-state index is -0.698. The number of halogens is 1. The minimum absolute atomic E-state index is 0.304. The summed E-state index contributed by atoms with van der Waals surface area (Å²) in [4.78, 5) is 13.5. The lowest BCUT2D eigenvalue weighted by Gasteiger charge is -2.36. The highest BCUT2D eigenvalue weighted by Gasteiger charge is 2.45. The number of carboxylic acids is 1. The Bertz CT molecular complexity index is 485. The summed E-state index contributed by atoms with van der Waals surface area (Å²) in [5.41, 5.74) is 1.93. The summed E-state index contributed by atoms with van der Waals surface area (Å²) in [5.74, 6) is -1.00. The summed E-state index contributed by atoms with van der Waals surface area (Å²) in [6.45, 7) is 6.86. The SMILES string of the molecule is Cc1cc(N2CCC(C(=O)O)C2(C)C)ccc1Br. The number of nitrogens with zero attached hydrogens (tertiary/aromatic N) is 1. The van der Waals surface area contributed by atoms with Crippen molar-refractivity contribution in [3.8, 4) is 0 Å². The zero-order valence-electron chi connectivity index (χ0n) is 10.9. The summed E-state index contributed by atoms with van der Waals surface area (Å²) in [5, 5.41) is 9.28. The van der Waals surface area contributed by atoms with E-state index in [1.165, 1.54) is 5.56 Å². The first-order valence-electron chi connectivity index (χ1n) is 6.10. The number of carboxylic acid groups (broad SMARTS) is 1. The molecule has 3 nitrogen and oxygen atoms in total. The van der Waals surface area contributed by atoms with Crippen LogP contribution in [0.5, 0.6) is 0 Å². The van der Waals surface area contributed by atoms with Gasteiger partial charge in [-0.1, -0.05) is 15.9 Å². The molecule has 0 radical (unpaired) electrons. The molecule has 0 saturated carbocycles. The van der Waals surface area contributed by atoms with E-state index >= 15 is 0 Å². The van der Waals surface area contributed by atoms with E-state index < -0.39 is 5.97 Å². The lowest BCUT2D eigenvalue weighted by atomic mass is 9.88. The van der Waals surface area contributed by atoms with Gasteiger partial charge in [0.25, 0.3) is 0 Å². The van der Waals surface area contributed by atoms with Crippen LogP contribution < -0.4 is 4.90 Å². The maximum atomic E-state index is 11.3. The van der Waals surface area contributed by atoms with Crippen LogP contribution in [-0.2, 0) is 4.79 Å². The zero-order valence-corrected chi connectivity index (χ0v) is 12.5. The van der Waals surface area contributed by atoms with E-state index in [1.807, 2.05) is 32.9 Å². The Morgan fingerprint density at radius 3 is 2.67 bits per heavy atom. The number of benzene rings is 1. The van der Waals surface area contributed by atoms with E-state index in [4.69, 9.17) is 0 Å². The quantitative estimate of drug-likeness (QED) is 0.909. The van der Waals surface area contributed by atoms with Crippen LogP contribution in [0.2, 0.25) is 0 Å². The highest BCUT2D eigenvalue weighted by atomic mass is 79.9. The van der Waals surface area contributed by atoms with Gasteiger partial charge >= 0.3 is 5.97 Å². The highest BCUT2D eigenvalue weighted by Crippen LogP contribution is 2.39. The molecule has 2 rings (SSSR count). The van der Waals surface area contributed by atoms with Gasteiger partial charge in [0, 0.05) is 22.2 Å². The molecular formula is C14H18BrNO2. The summed E-state index contributed by atoms with van der Waals surface area (Å²) in [7, 11) is 0. The first-order valence-corrected chi connectivity index (χ1v) is 6.90. The molecule has 0 aliphatic carbocycles. The summed E-state index contributed by atoms with van der Waals surface area (Å²) < 4.78 is 1.08. The lowest BCUT2D eigenvalue weighted by molar-refractivity contribution is -0.142. The fourth-order valence-corrected chi connectivity index (χ4v) is 3.02. The Kier molecular flexibility index (Phi) is 3.41. The van der Waals surface area contributed by atoms with Crippen LogP contribution >= 0.6 is 15.9 Å². The van der Waals surface area contributed by atoms with Crippen molar-refractivity contribution in [1.82, 2.24) is 0 Å². The van der Waals surface area contributed by atoms with Crippen molar-refractivity contribution in [2.45, 2.75) is 32.7 Å². The van der Waals surface area contributed by atoms with Gasteiger partial charge in [-0.3, -0.25) is 4.79 Å². The van der Waals surface area contributed by atoms with Crippen LogP contribution in [0.3, 0.4) is 0 Å². The fourth-order valence-electron chi connectivity index (χ4n) is 2.77. The maximum absolute atomic E-state index is 11.3. The number of aryl methyl sites for hydroxylation is 1. The number of hydrogen-bond acceptors (Lipinski definition) is 2. The molecule has 1 aliphatic heterocycles. The Balaban J connectivity index is 2.34. The van der Waals surface area contributed by atoms with Crippen LogP contribution in [0.15, 0.2) is 22.7 Å². The van der Waals surface area contributed by atoms with Crippen LogP contribution in [0.1, 0.15) is 25.8 Å². The normalized spacial score (nSPS) is 22.2. The molecule has 0 bridgehead atoms. The molecule has 1 aliphatic rings. The molecule has 1 unspecified atom stereocenters. The molecule has 0 aromatic heterocycles. The monoisotopic (exact) mass is 311 g/mol. The van der Waals surface area contributed by atoms with Gasteiger partial charge in [0.05, 0.1) is 5.92 Å². The third-order valence-corrected chi connectivity index (χ3v) is 4.83. The molecule has 1 N–H and O–H groups in total. The van der Waals surface area contributed by atoms with E-state index in [-0.39, 0.29) is 11.5 Å². The van der Waals surface area contributed by atoms with E-state index in [0.29, 0.717) is 6.42 Å². The molecule has 1 aromatic rings. The number of anilines is 1. The van der Waals surface area contributed by atoms with Crippen LogP contribution in [0.4, 0.5) is 5.69 Å². The van der Waals surface area contributed by atoms with Crippen LogP contribution in [0, 0.1) is 12.8 Å². The third-order valence-electron chi connectivity index (χ3n) is 3.94. The predicted molar refractivity (Wildman–Crippen MR) is 76.0 cm³/mol. The van der Waals surface area contributed by atoms with E-state index in [1.54, 1.807) is 0 Å². The molecule has 1 aromatic carbocycles. The molecule has 1 saturated heterocycles. The molecule has 18 heavy (non-hydrogen) atoms. The average Bonchev–Trinajstić information content (AvgIpc) is 2.58. The van der Waals surface area contributed by atoms with Crippen LogP contribution in [-0.4, -0.2) is 23.2 Å². The van der Waals surface area contributed by atoms with Crippen molar-refractivity contribution in [1.29, 1.82) is 0 Å². The van der Waals surface area contributed by atoms with Crippen molar-refractivity contribution >= 4 is 27.6 Å². The zero-order chi connectivity index (χ0) is 13.5. The molecule has 0 amide bonds. The predicted octanol–water partition coefficient (Wildman–Crippen LogP) is 3.45. The van der Waals surface area contributed by atoms with Crippen molar-refractivity contribution in [2.24, 2.45) is 5.92 Å². The Hall–Kier alpha value is -1.03. The van der Waals surface area contributed by atoms with E-state index in [9.17, 15) is 9.90 Å². The van der Waals surface area contributed by atoms with Gasteiger partial charge in [0.2, 0.25) is 0 Å². The second kappa shape index (κ2) is 4.57. The Labute approximate surface area is 116 Å². The van der Waals surface area contributed by atoms with Gasteiger partial charge in [-0.2, -0.15) is 0 Å². The molecule has 0 spiro atoms. The smallest absolute Gasteiger partial charge is 0.308 e. The van der Waals surface area contributed by atoms with Gasteiger partial charge in [-0.05, 0) is 51.0 Å². The standard InChI is InChI=1S/C14H18BrNO2/c1-9-8-10(4-5-12(9)15)16-7-6-11(13(17)18)14(16,2)3/h4-5,8,11H,6-7H2,1-3H3,(H,17,18). The second-order valence-corrected chi connectivity index (χ2v) is 6.27. The summed E-state index contributed by atoms with van der Waals surface area (Å²) in [6, 6.07) is 6.17. The summed E-state index contributed by atoms with van der Waals surface area (Å²) >= 11 is 3.49. The van der Waals surface area contributed by atoms with Crippen molar-refractivity contribution < 1.29 is 9.90 Å². The minimum Gasteiger partial charge on any atom is -0.481 e. The molecule has 4 heteroatoms. The number of aliphatic carboxylic acids is 1. The molecule has 1 heterocycles. The number of rotatable bonds is 2.